The number of methoxy groups -OCH3 is 2. The van der Waals surface area contributed by atoms with Crippen LogP contribution in [-0.2, 0) is 14.9 Å². The summed E-state index contributed by atoms with van der Waals surface area (Å²) in [6.45, 7) is 1.10. The molecule has 0 aliphatic carbocycles. The molecule has 1 aromatic heterocycles. The van der Waals surface area contributed by atoms with Gasteiger partial charge in [0.15, 0.2) is 5.82 Å². The summed E-state index contributed by atoms with van der Waals surface area (Å²) in [5.41, 5.74) is 0. The summed E-state index contributed by atoms with van der Waals surface area (Å²) >= 11 is 6.16. The number of aliphatic hydroxyl groups is 1. The molecule has 2 aromatic rings. The first kappa shape index (κ1) is 22.9. The smallest absolute Gasteiger partial charge is 0.302 e. The molecule has 29 heavy (non-hydrogen) atoms. The summed E-state index contributed by atoms with van der Waals surface area (Å²) in [6, 6.07) is 4.66. The minimum Gasteiger partial charge on any atom is -0.497 e. The van der Waals surface area contributed by atoms with Crippen LogP contribution < -0.4 is 23.7 Å². The first-order valence-electron chi connectivity index (χ1n) is 8.22. The molecule has 1 unspecified atom stereocenters. The van der Waals surface area contributed by atoms with Crippen LogP contribution in [0.4, 0.5) is 5.82 Å². The van der Waals surface area contributed by atoms with E-state index in [-0.39, 0.29) is 41.4 Å². The highest BCUT2D eigenvalue weighted by molar-refractivity contribution is 7.90. The number of aromatic nitrogens is 2. The van der Waals surface area contributed by atoms with Gasteiger partial charge in [0.25, 0.3) is 5.88 Å². The van der Waals surface area contributed by atoms with Crippen molar-refractivity contribution in [3.05, 3.63) is 29.5 Å². The zero-order valence-electron chi connectivity index (χ0n) is 15.9. The predicted molar refractivity (Wildman–Crippen MR) is 105 cm³/mol. The molecule has 0 bridgehead atoms. The van der Waals surface area contributed by atoms with Crippen molar-refractivity contribution in [2.75, 3.05) is 32.2 Å². The van der Waals surface area contributed by atoms with Crippen molar-refractivity contribution in [2.24, 2.45) is 0 Å². The van der Waals surface area contributed by atoms with Gasteiger partial charge in [0.05, 0.1) is 18.7 Å². The van der Waals surface area contributed by atoms with E-state index in [1.54, 1.807) is 12.1 Å². The number of halogens is 1. The molecule has 0 aliphatic heterocycles. The average molecular weight is 449 g/mol. The van der Waals surface area contributed by atoms with Gasteiger partial charge in [-0.3, -0.25) is 4.72 Å². The van der Waals surface area contributed by atoms with Crippen molar-refractivity contribution in [3.8, 4) is 23.1 Å². The minimum absolute atomic E-state index is 0.106. The molecule has 11 nitrogen and oxygen atoms in total. The third kappa shape index (κ3) is 6.58. The van der Waals surface area contributed by atoms with Crippen LogP contribution in [-0.4, -0.2) is 57.2 Å². The fourth-order valence-corrected chi connectivity index (χ4v) is 3.14. The van der Waals surface area contributed by atoms with E-state index in [0.29, 0.717) is 5.75 Å². The first-order chi connectivity index (χ1) is 13.8. The summed E-state index contributed by atoms with van der Waals surface area (Å²) in [6.07, 6.45) is 0.279. The highest BCUT2D eigenvalue weighted by Gasteiger charge is 2.22. The van der Waals surface area contributed by atoms with Gasteiger partial charge >= 0.3 is 10.2 Å². The molecule has 160 valence electrons. The van der Waals surface area contributed by atoms with E-state index in [4.69, 9.17) is 35.7 Å². The highest BCUT2D eigenvalue weighted by atomic mass is 35.5. The Balaban J connectivity index is 2.44. The van der Waals surface area contributed by atoms with Gasteiger partial charge in [0, 0.05) is 13.2 Å². The molecule has 0 aliphatic rings. The zero-order valence-corrected chi connectivity index (χ0v) is 17.5. The molecule has 0 fully saturated rings. The number of anilines is 1. The van der Waals surface area contributed by atoms with E-state index < -0.39 is 16.4 Å². The van der Waals surface area contributed by atoms with E-state index in [9.17, 15) is 8.42 Å². The third-order valence-corrected chi connectivity index (χ3v) is 4.77. The molecule has 2 rings (SSSR count). The van der Waals surface area contributed by atoms with Crippen molar-refractivity contribution in [2.45, 2.75) is 13.2 Å². The Bertz CT molecular complexity index is 929. The number of rotatable bonds is 11. The van der Waals surface area contributed by atoms with Gasteiger partial charge in [-0.05, 0) is 19.1 Å². The maximum absolute atomic E-state index is 12.3. The van der Waals surface area contributed by atoms with Crippen molar-refractivity contribution < 1.29 is 32.5 Å². The minimum atomic E-state index is -4.08. The number of hydrogen-bond donors (Lipinski definition) is 3. The number of ether oxygens (including phenoxy) is 4. The molecule has 0 radical (unpaired) electrons. The Kier molecular flexibility index (Phi) is 8.22. The van der Waals surface area contributed by atoms with Crippen molar-refractivity contribution >= 4 is 27.6 Å². The summed E-state index contributed by atoms with van der Waals surface area (Å²) in [5.74, 6) is 0.115. The molecule has 13 heteroatoms. The van der Waals surface area contributed by atoms with Crippen LogP contribution in [0.1, 0.15) is 6.92 Å². The van der Waals surface area contributed by atoms with Gasteiger partial charge in [-0.2, -0.15) is 18.1 Å². The Morgan fingerprint density at radius 2 is 2.03 bits per heavy atom. The highest BCUT2D eigenvalue weighted by Crippen LogP contribution is 2.39. The fourth-order valence-electron chi connectivity index (χ4n) is 1.99. The quantitative estimate of drug-likeness (QED) is 0.436. The summed E-state index contributed by atoms with van der Waals surface area (Å²) in [5, 5.41) is 9.25. The van der Waals surface area contributed by atoms with Gasteiger partial charge in [-0.25, -0.2) is 4.98 Å². The second-order valence-corrected chi connectivity index (χ2v) is 7.28. The summed E-state index contributed by atoms with van der Waals surface area (Å²) < 4.78 is 50.2. The molecule has 1 heterocycles. The van der Waals surface area contributed by atoms with Gasteiger partial charge in [0.1, 0.15) is 30.7 Å². The number of hydrogen-bond acceptors (Lipinski definition) is 9. The van der Waals surface area contributed by atoms with E-state index in [1.807, 2.05) is 0 Å². The lowest BCUT2D eigenvalue weighted by Crippen LogP contribution is -2.38. The van der Waals surface area contributed by atoms with Gasteiger partial charge in [0.2, 0.25) is 5.75 Å². The molecule has 0 saturated carbocycles. The summed E-state index contributed by atoms with van der Waals surface area (Å²) in [7, 11) is -1.26. The number of aliphatic hydroxyl groups excluding tert-OH is 1. The van der Waals surface area contributed by atoms with Crippen LogP contribution in [0.3, 0.4) is 0 Å². The predicted octanol–water partition coefficient (Wildman–Crippen LogP) is 1.54. The maximum Gasteiger partial charge on any atom is 0.302 e. The first-order valence-corrected chi connectivity index (χ1v) is 10.1. The standard InChI is InChI=1S/C16H21ClN4O7S/c1-10(25-2)20-29(23,24)21-15-14(16(19-9-18-15)27-7-6-22)28-13-8-11(26-3)4-5-12(13)17/h4-5,8-10,20,22H,6-7H2,1-3H3,(H,18,19,21). The number of nitrogens with zero attached hydrogens (tertiary/aromatic N) is 2. The van der Waals surface area contributed by atoms with Gasteiger partial charge < -0.3 is 24.1 Å². The molecule has 0 saturated heterocycles. The second kappa shape index (κ2) is 10.4. The van der Waals surface area contributed by atoms with E-state index in [0.717, 1.165) is 6.33 Å². The van der Waals surface area contributed by atoms with Gasteiger partial charge in [-0.15, -0.1) is 0 Å². The maximum atomic E-state index is 12.3. The topological polar surface area (TPSA) is 141 Å². The van der Waals surface area contributed by atoms with E-state index >= 15 is 0 Å². The van der Waals surface area contributed by atoms with Crippen molar-refractivity contribution in [3.63, 3.8) is 0 Å². The van der Waals surface area contributed by atoms with Crippen LogP contribution in [0.15, 0.2) is 24.5 Å². The third-order valence-electron chi connectivity index (χ3n) is 3.36. The molecule has 1 aromatic carbocycles. The van der Waals surface area contributed by atoms with Crippen LogP contribution in [0.25, 0.3) is 0 Å². The molecular formula is C16H21ClN4O7S. The SMILES string of the molecule is COc1ccc(Cl)c(Oc2c(NS(=O)(=O)NC(C)OC)ncnc2OCCO)c1. The summed E-state index contributed by atoms with van der Waals surface area (Å²) in [4.78, 5) is 7.84. The number of nitrogens with one attached hydrogen (secondary N) is 2. The lowest BCUT2D eigenvalue weighted by atomic mass is 10.3. The second-order valence-electron chi connectivity index (χ2n) is 5.43. The van der Waals surface area contributed by atoms with Crippen molar-refractivity contribution in [1.82, 2.24) is 14.7 Å². The van der Waals surface area contributed by atoms with Crippen LogP contribution in [0, 0.1) is 0 Å². The molecule has 0 amide bonds. The molecule has 1 atom stereocenters. The molecule has 0 spiro atoms. The number of benzene rings is 1. The molecular weight excluding hydrogens is 428 g/mol. The van der Waals surface area contributed by atoms with Crippen LogP contribution in [0.2, 0.25) is 5.02 Å². The largest absolute Gasteiger partial charge is 0.497 e. The normalized spacial score (nSPS) is 12.3. The zero-order chi connectivity index (χ0) is 21.4. The lowest BCUT2D eigenvalue weighted by Gasteiger charge is -2.17. The monoisotopic (exact) mass is 448 g/mol. The fraction of sp³-hybridized carbons (Fsp3) is 0.375. The van der Waals surface area contributed by atoms with Crippen LogP contribution in [0.5, 0.6) is 23.1 Å². The van der Waals surface area contributed by atoms with Gasteiger partial charge in [-0.1, -0.05) is 11.6 Å². The van der Waals surface area contributed by atoms with Crippen molar-refractivity contribution in [1.29, 1.82) is 0 Å². The lowest BCUT2D eigenvalue weighted by molar-refractivity contribution is 0.110. The van der Waals surface area contributed by atoms with Crippen LogP contribution >= 0.6 is 11.6 Å². The Hall–Kier alpha value is -2.38. The van der Waals surface area contributed by atoms with E-state index in [2.05, 4.69) is 19.4 Å². The Labute approximate surface area is 173 Å². The average Bonchev–Trinajstić information content (AvgIpc) is 2.68. The Morgan fingerprint density at radius 1 is 1.28 bits per heavy atom. The molecule has 3 N–H and O–H groups in total. The van der Waals surface area contributed by atoms with E-state index in [1.165, 1.54) is 27.2 Å². The Morgan fingerprint density at radius 3 is 2.69 bits per heavy atom.